The number of aromatic nitrogens is 1. The summed E-state index contributed by atoms with van der Waals surface area (Å²) in [6.45, 7) is 7.04. The highest BCUT2D eigenvalue weighted by Crippen LogP contribution is 2.17. The number of hydrogen-bond donors (Lipinski definition) is 1. The first-order valence-electron chi connectivity index (χ1n) is 9.15. The van der Waals surface area contributed by atoms with Crippen molar-refractivity contribution < 1.29 is 9.53 Å². The molecular weight excluding hydrogens is 316 g/mol. The van der Waals surface area contributed by atoms with Gasteiger partial charge in [-0.2, -0.15) is 0 Å². The standard InChI is InChI=1S/C20H26N2O3/c1-3-11-25-20(24)15-7-8-18-16(12-15)19(23)17(14(2)21-18)13-22-9-5-4-6-10-22/h7-8,12H,3-6,9-11,13H2,1-2H3,(H,21,23). The Kier molecular flexibility index (Phi) is 5.53. The molecule has 1 fully saturated rings. The maximum absolute atomic E-state index is 13.0. The third-order valence-electron chi connectivity index (χ3n) is 4.82. The predicted molar refractivity (Wildman–Crippen MR) is 99.0 cm³/mol. The molecule has 2 heterocycles. The SMILES string of the molecule is CCCOC(=O)c1ccc2[nH]c(C)c(CN3CCCCC3)c(=O)c2c1. The molecule has 134 valence electrons. The van der Waals surface area contributed by atoms with Gasteiger partial charge in [-0.1, -0.05) is 13.3 Å². The predicted octanol–water partition coefficient (Wildman–Crippen LogP) is 3.39. The third-order valence-corrected chi connectivity index (χ3v) is 4.82. The summed E-state index contributed by atoms with van der Waals surface area (Å²) in [5.74, 6) is -0.374. The van der Waals surface area contributed by atoms with Gasteiger partial charge < -0.3 is 9.72 Å². The van der Waals surface area contributed by atoms with E-state index in [9.17, 15) is 9.59 Å². The van der Waals surface area contributed by atoms with Crippen molar-refractivity contribution in [2.45, 2.75) is 46.1 Å². The molecule has 0 unspecified atom stereocenters. The highest BCUT2D eigenvalue weighted by Gasteiger charge is 2.17. The van der Waals surface area contributed by atoms with Gasteiger partial charge in [-0.15, -0.1) is 0 Å². The van der Waals surface area contributed by atoms with E-state index >= 15 is 0 Å². The third kappa shape index (κ3) is 3.93. The Balaban J connectivity index is 1.95. The van der Waals surface area contributed by atoms with Gasteiger partial charge in [0.15, 0.2) is 5.43 Å². The minimum atomic E-state index is -0.374. The Morgan fingerprint density at radius 3 is 2.72 bits per heavy atom. The number of rotatable bonds is 5. The van der Waals surface area contributed by atoms with E-state index in [0.29, 0.717) is 24.1 Å². The van der Waals surface area contributed by atoms with Crippen LogP contribution in [-0.4, -0.2) is 35.5 Å². The van der Waals surface area contributed by atoms with Gasteiger partial charge >= 0.3 is 5.97 Å². The van der Waals surface area contributed by atoms with Gasteiger partial charge in [-0.25, -0.2) is 4.79 Å². The Morgan fingerprint density at radius 2 is 2.00 bits per heavy atom. The van der Waals surface area contributed by atoms with Crippen LogP contribution >= 0.6 is 0 Å². The molecule has 2 aromatic rings. The van der Waals surface area contributed by atoms with Crippen molar-refractivity contribution in [3.05, 3.63) is 45.2 Å². The highest BCUT2D eigenvalue weighted by atomic mass is 16.5. The number of hydrogen-bond acceptors (Lipinski definition) is 4. The molecule has 0 amide bonds. The minimum Gasteiger partial charge on any atom is -0.462 e. The summed E-state index contributed by atoms with van der Waals surface area (Å²) in [5.41, 5.74) is 2.91. The Morgan fingerprint density at radius 1 is 1.24 bits per heavy atom. The van der Waals surface area contributed by atoms with Gasteiger partial charge in [0.05, 0.1) is 12.2 Å². The van der Waals surface area contributed by atoms with E-state index in [1.807, 2.05) is 13.8 Å². The molecule has 1 aliphatic rings. The molecule has 0 bridgehead atoms. The Hall–Kier alpha value is -2.14. The van der Waals surface area contributed by atoms with Gasteiger partial charge in [-0.3, -0.25) is 9.69 Å². The zero-order valence-electron chi connectivity index (χ0n) is 15.1. The van der Waals surface area contributed by atoms with Crippen LogP contribution < -0.4 is 5.43 Å². The lowest BCUT2D eigenvalue weighted by atomic mass is 10.0. The zero-order valence-corrected chi connectivity index (χ0v) is 15.1. The lowest BCUT2D eigenvalue weighted by molar-refractivity contribution is 0.0505. The molecule has 0 aliphatic carbocycles. The van der Waals surface area contributed by atoms with E-state index in [0.717, 1.165) is 36.3 Å². The molecule has 1 saturated heterocycles. The topological polar surface area (TPSA) is 62.4 Å². The largest absolute Gasteiger partial charge is 0.462 e. The second-order valence-electron chi connectivity index (χ2n) is 6.79. The molecule has 5 nitrogen and oxygen atoms in total. The average Bonchev–Trinajstić information content (AvgIpc) is 2.64. The van der Waals surface area contributed by atoms with E-state index in [4.69, 9.17) is 4.74 Å². The average molecular weight is 342 g/mol. The fraction of sp³-hybridized carbons (Fsp3) is 0.500. The van der Waals surface area contributed by atoms with E-state index in [-0.39, 0.29) is 11.4 Å². The number of carbonyl (C=O) groups excluding carboxylic acids is 1. The first-order chi connectivity index (χ1) is 12.1. The number of likely N-dealkylation sites (tertiary alicyclic amines) is 1. The number of pyridine rings is 1. The van der Waals surface area contributed by atoms with Crippen molar-refractivity contribution in [2.75, 3.05) is 19.7 Å². The number of aryl methyl sites for hydroxylation is 1. The number of nitrogens with one attached hydrogen (secondary N) is 1. The first kappa shape index (κ1) is 17.7. The van der Waals surface area contributed by atoms with Crippen molar-refractivity contribution in [1.29, 1.82) is 0 Å². The monoisotopic (exact) mass is 342 g/mol. The molecule has 0 saturated carbocycles. The van der Waals surface area contributed by atoms with Gasteiger partial charge in [-0.05, 0) is 57.5 Å². The number of ether oxygens (including phenoxy) is 1. The van der Waals surface area contributed by atoms with Crippen LogP contribution in [0.15, 0.2) is 23.0 Å². The van der Waals surface area contributed by atoms with Crippen molar-refractivity contribution in [3.8, 4) is 0 Å². The molecule has 1 N–H and O–H groups in total. The van der Waals surface area contributed by atoms with E-state index < -0.39 is 0 Å². The summed E-state index contributed by atoms with van der Waals surface area (Å²) < 4.78 is 5.18. The number of aromatic amines is 1. The highest BCUT2D eigenvalue weighted by molar-refractivity contribution is 5.94. The van der Waals surface area contributed by atoms with Crippen LogP contribution in [0.2, 0.25) is 0 Å². The molecule has 25 heavy (non-hydrogen) atoms. The van der Waals surface area contributed by atoms with Gasteiger partial charge in [0.1, 0.15) is 0 Å². The minimum absolute atomic E-state index is 0.0157. The fourth-order valence-electron chi connectivity index (χ4n) is 3.39. The lowest BCUT2D eigenvalue weighted by Gasteiger charge is -2.26. The maximum Gasteiger partial charge on any atom is 0.338 e. The summed E-state index contributed by atoms with van der Waals surface area (Å²) in [7, 11) is 0. The van der Waals surface area contributed by atoms with Crippen molar-refractivity contribution in [2.24, 2.45) is 0 Å². The quantitative estimate of drug-likeness (QED) is 0.846. The van der Waals surface area contributed by atoms with Crippen LogP contribution in [0.1, 0.15) is 54.2 Å². The summed E-state index contributed by atoms with van der Waals surface area (Å²) in [5, 5.41) is 0.559. The van der Waals surface area contributed by atoms with Crippen LogP contribution in [0.4, 0.5) is 0 Å². The molecule has 0 spiro atoms. The Labute approximate surface area is 148 Å². The van der Waals surface area contributed by atoms with Crippen LogP contribution in [0, 0.1) is 6.92 Å². The number of piperidine rings is 1. The molecule has 1 aromatic carbocycles. The van der Waals surface area contributed by atoms with E-state index in [2.05, 4.69) is 9.88 Å². The number of nitrogens with zero attached hydrogens (tertiary/aromatic N) is 1. The number of benzene rings is 1. The van der Waals surface area contributed by atoms with Crippen LogP contribution in [-0.2, 0) is 11.3 Å². The summed E-state index contributed by atoms with van der Waals surface area (Å²) >= 11 is 0. The molecule has 1 aliphatic heterocycles. The van der Waals surface area contributed by atoms with Gasteiger partial charge in [0.2, 0.25) is 0 Å². The molecule has 5 heteroatoms. The number of esters is 1. The van der Waals surface area contributed by atoms with E-state index in [1.54, 1.807) is 18.2 Å². The summed E-state index contributed by atoms with van der Waals surface area (Å²) in [6, 6.07) is 5.16. The van der Waals surface area contributed by atoms with Crippen LogP contribution in [0.5, 0.6) is 0 Å². The molecule has 0 atom stereocenters. The van der Waals surface area contributed by atoms with Crippen molar-refractivity contribution >= 4 is 16.9 Å². The van der Waals surface area contributed by atoms with E-state index in [1.165, 1.54) is 19.3 Å². The second-order valence-corrected chi connectivity index (χ2v) is 6.79. The molecular formula is C20H26N2O3. The molecule has 3 rings (SSSR count). The second kappa shape index (κ2) is 7.83. The smallest absolute Gasteiger partial charge is 0.338 e. The number of fused-ring (bicyclic) bond motifs is 1. The van der Waals surface area contributed by atoms with Crippen molar-refractivity contribution in [3.63, 3.8) is 0 Å². The summed E-state index contributed by atoms with van der Waals surface area (Å²) in [6.07, 6.45) is 4.43. The molecule has 1 aromatic heterocycles. The van der Waals surface area contributed by atoms with Crippen molar-refractivity contribution in [1.82, 2.24) is 9.88 Å². The first-order valence-corrected chi connectivity index (χ1v) is 9.15. The zero-order chi connectivity index (χ0) is 17.8. The van der Waals surface area contributed by atoms with Gasteiger partial charge in [0.25, 0.3) is 0 Å². The fourth-order valence-corrected chi connectivity index (χ4v) is 3.39. The summed E-state index contributed by atoms with van der Waals surface area (Å²) in [4.78, 5) is 30.8. The van der Waals surface area contributed by atoms with Crippen LogP contribution in [0.25, 0.3) is 10.9 Å². The number of H-pyrrole nitrogens is 1. The lowest BCUT2D eigenvalue weighted by Crippen LogP contribution is -2.32. The van der Waals surface area contributed by atoms with Gasteiger partial charge in [0, 0.05) is 28.7 Å². The van der Waals surface area contributed by atoms with Crippen LogP contribution in [0.3, 0.4) is 0 Å². The molecule has 0 radical (unpaired) electrons. The normalized spacial score (nSPS) is 15.4. The number of carbonyl (C=O) groups is 1. The Bertz CT molecular complexity index is 820. The maximum atomic E-state index is 13.0.